The number of aryl methyl sites for hydroxylation is 3. The van der Waals surface area contributed by atoms with Crippen LogP contribution in [0.4, 0.5) is 10.1 Å². The molecule has 1 N–H and O–H groups in total. The minimum absolute atomic E-state index is 0.276. The zero-order chi connectivity index (χ0) is 24.0. The van der Waals surface area contributed by atoms with E-state index < -0.39 is 0 Å². The van der Waals surface area contributed by atoms with Gasteiger partial charge < -0.3 is 10.1 Å². The van der Waals surface area contributed by atoms with Crippen LogP contribution in [0.1, 0.15) is 40.3 Å². The van der Waals surface area contributed by atoms with Gasteiger partial charge in [-0.15, -0.1) is 0 Å². The Morgan fingerprint density at radius 3 is 2.40 bits per heavy atom. The van der Waals surface area contributed by atoms with E-state index in [9.17, 15) is 4.39 Å². The van der Waals surface area contributed by atoms with Crippen molar-refractivity contribution >= 4 is 17.3 Å². The highest BCUT2D eigenvalue weighted by atomic mass is 19.1. The lowest BCUT2D eigenvalue weighted by Gasteiger charge is -2.24. The van der Waals surface area contributed by atoms with Crippen LogP contribution in [-0.4, -0.2) is 6.61 Å². The third kappa shape index (κ3) is 5.14. The monoisotopic (exact) mass is 463 g/mol. The fraction of sp³-hybridized carbons (Fsp3) is 0.188. The smallest absolute Gasteiger partial charge is 0.165 e. The predicted molar refractivity (Wildman–Crippen MR) is 143 cm³/mol. The highest BCUT2D eigenvalue weighted by Gasteiger charge is 2.18. The maximum Gasteiger partial charge on any atom is 0.165 e. The Morgan fingerprint density at radius 2 is 1.57 bits per heavy atom. The molecule has 0 fully saturated rings. The first-order chi connectivity index (χ1) is 17.2. The molecule has 0 aliphatic carbocycles. The molecule has 0 aromatic heterocycles. The first-order valence-corrected chi connectivity index (χ1v) is 12.3. The Kier molecular flexibility index (Phi) is 6.94. The second-order valence-corrected chi connectivity index (χ2v) is 8.91. The zero-order valence-electron chi connectivity index (χ0n) is 20.1. The van der Waals surface area contributed by atoms with E-state index in [0.717, 1.165) is 42.5 Å². The number of nitrogens with one attached hydrogen (secondary N) is 1. The number of fused-ring (bicyclic) bond motifs is 2. The fourth-order valence-electron chi connectivity index (χ4n) is 4.84. The Hall–Kier alpha value is -3.85. The van der Waals surface area contributed by atoms with Crippen molar-refractivity contribution < 1.29 is 9.13 Å². The average molecular weight is 464 g/mol. The quantitative estimate of drug-likeness (QED) is 0.303. The number of hydrogen-bond acceptors (Lipinski definition) is 2. The molecule has 0 radical (unpaired) electrons. The molecule has 1 aliphatic heterocycles. The summed E-state index contributed by atoms with van der Waals surface area (Å²) in [6.07, 6.45) is 5.10. The van der Waals surface area contributed by atoms with E-state index in [1.54, 1.807) is 18.2 Å². The van der Waals surface area contributed by atoms with Gasteiger partial charge in [-0.1, -0.05) is 85.8 Å². The van der Waals surface area contributed by atoms with Crippen molar-refractivity contribution in [1.29, 1.82) is 0 Å². The number of para-hydroxylation sites is 2. The van der Waals surface area contributed by atoms with E-state index in [2.05, 4.69) is 85.0 Å². The lowest BCUT2D eigenvalue weighted by molar-refractivity contribution is 0.348. The second-order valence-electron chi connectivity index (χ2n) is 8.91. The van der Waals surface area contributed by atoms with Gasteiger partial charge in [0.25, 0.3) is 0 Å². The van der Waals surface area contributed by atoms with Crippen LogP contribution < -0.4 is 10.1 Å². The van der Waals surface area contributed by atoms with Crippen molar-refractivity contribution in [3.8, 4) is 5.75 Å². The molecule has 0 amide bonds. The summed E-state index contributed by atoms with van der Waals surface area (Å²) in [6.45, 7) is 3.23. The van der Waals surface area contributed by atoms with Crippen molar-refractivity contribution in [2.24, 2.45) is 0 Å². The topological polar surface area (TPSA) is 21.3 Å². The third-order valence-electron chi connectivity index (χ3n) is 6.70. The zero-order valence-corrected chi connectivity index (χ0v) is 20.1. The molecule has 0 saturated heterocycles. The van der Waals surface area contributed by atoms with Gasteiger partial charge in [0.1, 0.15) is 6.61 Å². The molecule has 0 bridgehead atoms. The standard InChI is InChI=1S/C32H30FNO/c1-2-24-12-9-15-28-27(22-35-31-17-7-6-16-30(31)33)20-26-14-8-13-25(32(26)34-21-29(24)28)19-18-23-10-4-3-5-11-23/h3-17,20,34H,2,18-19,21-22H2,1H3/b27-20-. The number of benzene rings is 4. The Bertz CT molecular complexity index is 1340. The van der Waals surface area contributed by atoms with E-state index in [1.165, 1.54) is 34.0 Å². The van der Waals surface area contributed by atoms with Crippen LogP contribution in [-0.2, 0) is 25.8 Å². The third-order valence-corrected chi connectivity index (χ3v) is 6.70. The number of ether oxygens (including phenoxy) is 1. The molecule has 0 saturated carbocycles. The van der Waals surface area contributed by atoms with E-state index in [0.29, 0.717) is 6.61 Å². The summed E-state index contributed by atoms with van der Waals surface area (Å²) in [6, 6.07) is 30.1. The van der Waals surface area contributed by atoms with Crippen molar-refractivity contribution in [1.82, 2.24) is 0 Å². The Labute approximate surface area is 207 Å². The molecule has 3 heteroatoms. The number of rotatable bonds is 7. The molecule has 2 nitrogen and oxygen atoms in total. The molecule has 4 aromatic carbocycles. The Balaban J connectivity index is 1.52. The first-order valence-electron chi connectivity index (χ1n) is 12.3. The van der Waals surface area contributed by atoms with Gasteiger partial charge >= 0.3 is 0 Å². The van der Waals surface area contributed by atoms with Gasteiger partial charge in [-0.3, -0.25) is 0 Å². The maximum atomic E-state index is 14.3. The normalized spacial score (nSPS) is 13.9. The fourth-order valence-corrected chi connectivity index (χ4v) is 4.84. The van der Waals surface area contributed by atoms with Crippen LogP contribution in [0.2, 0.25) is 0 Å². The van der Waals surface area contributed by atoms with Gasteiger partial charge in [0.2, 0.25) is 0 Å². The maximum absolute atomic E-state index is 14.3. The van der Waals surface area contributed by atoms with Crippen LogP contribution >= 0.6 is 0 Å². The van der Waals surface area contributed by atoms with Gasteiger partial charge in [-0.25, -0.2) is 4.39 Å². The van der Waals surface area contributed by atoms with Crippen molar-refractivity contribution in [3.63, 3.8) is 0 Å². The summed E-state index contributed by atoms with van der Waals surface area (Å²) in [4.78, 5) is 0. The Morgan fingerprint density at radius 1 is 0.800 bits per heavy atom. The molecule has 1 aliphatic rings. The first kappa shape index (κ1) is 22.9. The predicted octanol–water partition coefficient (Wildman–Crippen LogP) is 7.72. The minimum Gasteiger partial charge on any atom is -0.486 e. The minimum atomic E-state index is -0.341. The van der Waals surface area contributed by atoms with Crippen LogP contribution in [0.3, 0.4) is 0 Å². The molecule has 35 heavy (non-hydrogen) atoms. The van der Waals surface area contributed by atoms with Crippen LogP contribution in [0.25, 0.3) is 11.6 Å². The summed E-state index contributed by atoms with van der Waals surface area (Å²) in [5.74, 6) is -0.0645. The summed E-state index contributed by atoms with van der Waals surface area (Å²) < 4.78 is 20.3. The molecule has 0 atom stereocenters. The summed E-state index contributed by atoms with van der Waals surface area (Å²) >= 11 is 0. The number of halogens is 1. The molecular formula is C32H30FNO. The van der Waals surface area contributed by atoms with Gasteiger partial charge in [-0.05, 0) is 76.4 Å². The number of anilines is 1. The molecule has 0 spiro atoms. The number of hydrogen-bond donors (Lipinski definition) is 1. The molecule has 5 rings (SSSR count). The second kappa shape index (κ2) is 10.6. The summed E-state index contributed by atoms with van der Waals surface area (Å²) in [5.41, 5.74) is 9.76. The van der Waals surface area contributed by atoms with Gasteiger partial charge in [0.15, 0.2) is 11.6 Å². The van der Waals surface area contributed by atoms with Gasteiger partial charge in [-0.2, -0.15) is 0 Å². The van der Waals surface area contributed by atoms with E-state index in [1.807, 2.05) is 0 Å². The van der Waals surface area contributed by atoms with Crippen LogP contribution in [0, 0.1) is 5.82 Å². The van der Waals surface area contributed by atoms with Gasteiger partial charge in [0, 0.05) is 12.2 Å². The van der Waals surface area contributed by atoms with E-state index in [-0.39, 0.29) is 11.6 Å². The largest absolute Gasteiger partial charge is 0.486 e. The van der Waals surface area contributed by atoms with E-state index >= 15 is 0 Å². The van der Waals surface area contributed by atoms with Crippen molar-refractivity contribution in [2.75, 3.05) is 11.9 Å². The molecule has 1 heterocycles. The summed E-state index contributed by atoms with van der Waals surface area (Å²) in [7, 11) is 0. The molecule has 176 valence electrons. The van der Waals surface area contributed by atoms with Gasteiger partial charge in [0.05, 0.1) is 0 Å². The SMILES string of the molecule is CCc1cccc2c1CNc1c(cccc1CCc1ccccc1)/C=C\2COc1ccccc1F. The highest BCUT2D eigenvalue weighted by molar-refractivity contribution is 5.89. The van der Waals surface area contributed by atoms with Crippen LogP contribution in [0.5, 0.6) is 5.75 Å². The van der Waals surface area contributed by atoms with Crippen molar-refractivity contribution in [2.45, 2.75) is 32.7 Å². The molecule has 4 aromatic rings. The molecular weight excluding hydrogens is 433 g/mol. The average Bonchev–Trinajstić information content (AvgIpc) is 2.89. The lowest BCUT2D eigenvalue weighted by atomic mass is 9.90. The van der Waals surface area contributed by atoms with Crippen LogP contribution in [0.15, 0.2) is 91.0 Å². The highest BCUT2D eigenvalue weighted by Crippen LogP contribution is 2.34. The van der Waals surface area contributed by atoms with Crippen molar-refractivity contribution in [3.05, 3.63) is 130 Å². The lowest BCUT2D eigenvalue weighted by Crippen LogP contribution is -2.13. The molecule has 0 unspecified atom stereocenters. The summed E-state index contributed by atoms with van der Waals surface area (Å²) in [5, 5.41) is 3.76. The van der Waals surface area contributed by atoms with E-state index in [4.69, 9.17) is 4.74 Å².